The number of hydrogen-bond donors (Lipinski definition) is 2. The molecule has 8 nitrogen and oxygen atoms in total. The fourth-order valence-corrected chi connectivity index (χ4v) is 3.14. The number of hydrogen-bond acceptors (Lipinski definition) is 6. The number of imidazole rings is 1. The molecule has 4 aromatic rings. The lowest BCUT2D eigenvalue weighted by Gasteiger charge is -2.10. The first-order valence-electron chi connectivity index (χ1n) is 8.80. The minimum atomic E-state index is 0.0308. The number of nitrogens with zero attached hydrogens (tertiary/aromatic N) is 5. The van der Waals surface area contributed by atoms with E-state index >= 15 is 0 Å². The van der Waals surface area contributed by atoms with Crippen LogP contribution in [0.3, 0.4) is 0 Å². The van der Waals surface area contributed by atoms with Gasteiger partial charge >= 0.3 is 0 Å². The van der Waals surface area contributed by atoms with E-state index < -0.39 is 0 Å². The van der Waals surface area contributed by atoms with Crippen LogP contribution < -0.4 is 10.6 Å². The molecule has 1 fully saturated rings. The van der Waals surface area contributed by atoms with Crippen LogP contribution in [-0.2, 0) is 4.79 Å². The molecule has 4 heterocycles. The lowest BCUT2D eigenvalue weighted by atomic mass is 10.1. The average molecular weight is 359 g/mol. The Hall–Kier alpha value is -3.55. The number of carbonyl (C=O) groups is 1. The van der Waals surface area contributed by atoms with E-state index in [-0.39, 0.29) is 11.8 Å². The zero-order valence-corrected chi connectivity index (χ0v) is 14.7. The van der Waals surface area contributed by atoms with E-state index in [9.17, 15) is 4.79 Å². The van der Waals surface area contributed by atoms with Gasteiger partial charge in [-0.05, 0) is 25.0 Å². The van der Waals surface area contributed by atoms with E-state index in [2.05, 4.69) is 30.6 Å². The van der Waals surface area contributed by atoms with Crippen molar-refractivity contribution in [1.29, 1.82) is 0 Å². The Kier molecular flexibility index (Phi) is 3.49. The normalized spacial score (nSPS) is 13.8. The summed E-state index contributed by atoms with van der Waals surface area (Å²) in [6.07, 6.45) is 10.9. The average Bonchev–Trinajstić information content (AvgIpc) is 3.46. The summed E-state index contributed by atoms with van der Waals surface area (Å²) < 4.78 is 1.87. The van der Waals surface area contributed by atoms with E-state index in [1.165, 1.54) is 0 Å². The predicted octanol–water partition coefficient (Wildman–Crippen LogP) is 2.73. The van der Waals surface area contributed by atoms with Crippen LogP contribution >= 0.6 is 0 Å². The number of anilines is 2. The first kappa shape index (κ1) is 15.7. The van der Waals surface area contributed by atoms with Crippen LogP contribution in [0, 0.1) is 5.92 Å². The lowest BCUT2D eigenvalue weighted by molar-refractivity contribution is -0.117. The second-order valence-electron chi connectivity index (χ2n) is 6.60. The fourth-order valence-electron chi connectivity index (χ4n) is 3.14. The van der Waals surface area contributed by atoms with Crippen molar-refractivity contribution < 1.29 is 4.79 Å². The summed E-state index contributed by atoms with van der Waals surface area (Å²) >= 11 is 0. The highest BCUT2D eigenvalue weighted by atomic mass is 16.2. The maximum atomic E-state index is 12.1. The van der Waals surface area contributed by atoms with Crippen LogP contribution in [-0.4, -0.2) is 37.3 Å². The van der Waals surface area contributed by atoms with Crippen molar-refractivity contribution in [3.63, 3.8) is 0 Å². The van der Waals surface area contributed by atoms with Gasteiger partial charge in [-0.15, -0.1) is 0 Å². The molecule has 1 amide bonds. The molecule has 134 valence electrons. The molecule has 0 aliphatic heterocycles. The van der Waals surface area contributed by atoms with Gasteiger partial charge in [0.15, 0.2) is 0 Å². The van der Waals surface area contributed by atoms with Crippen molar-refractivity contribution in [3.8, 4) is 11.3 Å². The highest BCUT2D eigenvalue weighted by Crippen LogP contribution is 2.33. The Morgan fingerprint density at radius 3 is 2.85 bits per heavy atom. The molecule has 4 aromatic heterocycles. The topological polar surface area (TPSA) is 97.1 Å². The van der Waals surface area contributed by atoms with E-state index in [0.29, 0.717) is 11.6 Å². The zero-order valence-electron chi connectivity index (χ0n) is 14.7. The fraction of sp³-hybridized carbons (Fsp3) is 0.211. The SMILES string of the molecule is CNc1ncc(-c2cn3cccnc3n2)c2cc(NC(=O)C3CC3)ncc12. The molecular formula is C19H17N7O. The van der Waals surface area contributed by atoms with Crippen LogP contribution in [0.4, 0.5) is 11.6 Å². The summed E-state index contributed by atoms with van der Waals surface area (Å²) in [6.45, 7) is 0. The lowest BCUT2D eigenvalue weighted by Crippen LogP contribution is -2.14. The maximum absolute atomic E-state index is 12.1. The second kappa shape index (κ2) is 6.01. The van der Waals surface area contributed by atoms with Gasteiger partial charge in [0.25, 0.3) is 0 Å². The Morgan fingerprint density at radius 1 is 1.19 bits per heavy atom. The highest BCUT2D eigenvalue weighted by Gasteiger charge is 2.29. The third-order valence-corrected chi connectivity index (χ3v) is 4.72. The second-order valence-corrected chi connectivity index (χ2v) is 6.60. The van der Waals surface area contributed by atoms with Gasteiger partial charge in [0.05, 0.1) is 5.69 Å². The molecule has 0 aromatic carbocycles. The van der Waals surface area contributed by atoms with E-state index in [4.69, 9.17) is 0 Å². The van der Waals surface area contributed by atoms with Gasteiger partial charge < -0.3 is 10.6 Å². The number of rotatable bonds is 4. The summed E-state index contributed by atoms with van der Waals surface area (Å²) in [7, 11) is 1.82. The van der Waals surface area contributed by atoms with Crippen LogP contribution in [0.5, 0.6) is 0 Å². The molecule has 0 bridgehead atoms. The monoisotopic (exact) mass is 359 g/mol. The molecule has 0 spiro atoms. The molecule has 0 saturated heterocycles. The Balaban J connectivity index is 1.66. The Bertz CT molecular complexity index is 1150. The molecule has 2 N–H and O–H groups in total. The van der Waals surface area contributed by atoms with Crippen LogP contribution in [0.2, 0.25) is 0 Å². The molecule has 1 aliphatic carbocycles. The predicted molar refractivity (Wildman–Crippen MR) is 102 cm³/mol. The smallest absolute Gasteiger partial charge is 0.234 e. The van der Waals surface area contributed by atoms with E-state index in [0.717, 1.165) is 40.7 Å². The highest BCUT2D eigenvalue weighted by molar-refractivity contribution is 6.03. The summed E-state index contributed by atoms with van der Waals surface area (Å²) in [5.41, 5.74) is 1.62. The number of carbonyl (C=O) groups excluding carboxylic acids is 1. The van der Waals surface area contributed by atoms with Gasteiger partial charge in [-0.2, -0.15) is 0 Å². The maximum Gasteiger partial charge on any atom is 0.234 e. The van der Waals surface area contributed by atoms with Crippen molar-refractivity contribution in [2.75, 3.05) is 17.7 Å². The number of pyridine rings is 2. The number of amides is 1. The first-order valence-corrected chi connectivity index (χ1v) is 8.80. The Labute approximate surface area is 154 Å². The standard InChI is InChI=1S/C19H17N7O/c1-20-17-14-9-22-16(25-18(27)11-3-4-11)7-12(14)13(8-23-17)15-10-26-6-2-5-21-19(26)24-15/h2,5-11H,3-4H2,1H3,(H,20,23)(H,22,25,27). The molecular weight excluding hydrogens is 342 g/mol. The largest absolute Gasteiger partial charge is 0.373 e. The van der Waals surface area contributed by atoms with Crippen molar-refractivity contribution in [2.45, 2.75) is 12.8 Å². The van der Waals surface area contributed by atoms with Crippen LogP contribution in [0.15, 0.2) is 43.1 Å². The quantitative estimate of drug-likeness (QED) is 0.581. The van der Waals surface area contributed by atoms with Crippen LogP contribution in [0.25, 0.3) is 27.8 Å². The number of aromatic nitrogens is 5. The van der Waals surface area contributed by atoms with Gasteiger partial charge in [0.1, 0.15) is 11.6 Å². The zero-order chi connectivity index (χ0) is 18.4. The van der Waals surface area contributed by atoms with E-state index in [1.54, 1.807) is 18.6 Å². The molecule has 1 aliphatic rings. The third-order valence-electron chi connectivity index (χ3n) is 4.72. The van der Waals surface area contributed by atoms with E-state index in [1.807, 2.05) is 36.0 Å². The molecule has 1 saturated carbocycles. The minimum absolute atomic E-state index is 0.0308. The summed E-state index contributed by atoms with van der Waals surface area (Å²) in [5.74, 6) is 2.04. The van der Waals surface area contributed by atoms with Gasteiger partial charge in [-0.25, -0.2) is 19.9 Å². The summed E-state index contributed by atoms with van der Waals surface area (Å²) in [5, 5.41) is 7.78. The molecule has 0 atom stereocenters. The molecule has 0 radical (unpaired) electrons. The molecule has 5 rings (SSSR count). The van der Waals surface area contributed by atoms with Crippen molar-refractivity contribution >= 4 is 34.1 Å². The Morgan fingerprint density at radius 2 is 2.07 bits per heavy atom. The summed E-state index contributed by atoms with van der Waals surface area (Å²) in [6, 6.07) is 3.74. The van der Waals surface area contributed by atoms with Crippen molar-refractivity contribution in [1.82, 2.24) is 24.3 Å². The molecule has 0 unspecified atom stereocenters. The van der Waals surface area contributed by atoms with Gasteiger partial charge in [-0.1, -0.05) is 0 Å². The van der Waals surface area contributed by atoms with Crippen molar-refractivity contribution in [3.05, 3.63) is 43.1 Å². The third kappa shape index (κ3) is 2.75. The number of nitrogens with one attached hydrogen (secondary N) is 2. The first-order chi connectivity index (χ1) is 13.2. The summed E-state index contributed by atoms with van der Waals surface area (Å²) in [4.78, 5) is 29.9. The molecule has 8 heteroatoms. The van der Waals surface area contributed by atoms with Gasteiger partial charge in [-0.3, -0.25) is 9.20 Å². The molecule has 27 heavy (non-hydrogen) atoms. The number of fused-ring (bicyclic) bond motifs is 2. The van der Waals surface area contributed by atoms with Gasteiger partial charge in [0.2, 0.25) is 11.7 Å². The van der Waals surface area contributed by atoms with Gasteiger partial charge in [0, 0.05) is 60.3 Å². The van der Waals surface area contributed by atoms with Crippen molar-refractivity contribution in [2.24, 2.45) is 5.92 Å². The minimum Gasteiger partial charge on any atom is -0.373 e. The van der Waals surface area contributed by atoms with Crippen LogP contribution in [0.1, 0.15) is 12.8 Å².